The van der Waals surface area contributed by atoms with E-state index in [0.29, 0.717) is 37.3 Å². The van der Waals surface area contributed by atoms with Gasteiger partial charge in [-0.25, -0.2) is 13.4 Å². The number of hydrogen-bond acceptors (Lipinski definition) is 6. The van der Waals surface area contributed by atoms with E-state index in [2.05, 4.69) is 4.98 Å². The summed E-state index contributed by atoms with van der Waals surface area (Å²) in [5, 5.41) is 18.7. The van der Waals surface area contributed by atoms with E-state index in [-0.39, 0.29) is 22.0 Å². The third kappa shape index (κ3) is 4.85. The van der Waals surface area contributed by atoms with Gasteiger partial charge in [-0.05, 0) is 35.9 Å². The Bertz CT molecular complexity index is 1330. The van der Waals surface area contributed by atoms with Crippen LogP contribution in [-0.4, -0.2) is 59.5 Å². The van der Waals surface area contributed by atoms with Gasteiger partial charge in [0.05, 0.1) is 10.5 Å². The molecule has 33 heavy (non-hydrogen) atoms. The smallest absolute Gasteiger partial charge is 0.323 e. The second kappa shape index (κ2) is 9.23. The number of nitrogens with zero attached hydrogens (tertiary/aromatic N) is 5. The van der Waals surface area contributed by atoms with E-state index in [0.717, 1.165) is 5.82 Å². The Hall–Kier alpha value is -3.39. The lowest BCUT2D eigenvalue weighted by molar-refractivity contribution is -0.137. The topological polar surface area (TPSA) is 120 Å². The van der Waals surface area contributed by atoms with Crippen molar-refractivity contribution in [2.45, 2.75) is 11.4 Å². The number of piperazine rings is 1. The molecule has 2 aromatic heterocycles. The Morgan fingerprint density at radius 1 is 1.15 bits per heavy atom. The molecule has 0 atom stereocenters. The van der Waals surface area contributed by atoms with Crippen molar-refractivity contribution in [3.8, 4) is 17.2 Å². The average Bonchev–Trinajstić information content (AvgIpc) is 3.21. The molecule has 0 spiro atoms. The average molecular weight is 486 g/mol. The monoisotopic (exact) mass is 485 g/mol. The molecule has 0 radical (unpaired) electrons. The second-order valence-corrected chi connectivity index (χ2v) is 9.89. The fourth-order valence-corrected chi connectivity index (χ4v) is 5.58. The van der Waals surface area contributed by atoms with Crippen LogP contribution in [0.1, 0.15) is 5.56 Å². The Morgan fingerprint density at radius 3 is 2.55 bits per heavy atom. The Morgan fingerprint density at radius 2 is 1.91 bits per heavy atom. The van der Waals surface area contributed by atoms with Gasteiger partial charge in [-0.2, -0.15) is 9.57 Å². The summed E-state index contributed by atoms with van der Waals surface area (Å²) in [5.41, 5.74) is 1.07. The molecule has 1 saturated heterocycles. The molecular weight excluding hydrogens is 466 g/mol. The minimum Gasteiger partial charge on any atom is -0.480 e. The van der Waals surface area contributed by atoms with Gasteiger partial charge >= 0.3 is 5.97 Å². The SMILES string of the molecule is N#Cc1cn(CC(=O)O)cc1-c1cc(Cl)cc(S(=O)(=O)N2CCN(c3ccccn3)CC2)c1. The molecule has 11 heteroatoms. The maximum Gasteiger partial charge on any atom is 0.323 e. The van der Waals surface area contributed by atoms with Crippen LogP contribution >= 0.6 is 11.6 Å². The van der Waals surface area contributed by atoms with Crippen LogP contribution < -0.4 is 4.90 Å². The van der Waals surface area contributed by atoms with Gasteiger partial charge in [-0.15, -0.1) is 0 Å². The maximum absolute atomic E-state index is 13.4. The quantitative estimate of drug-likeness (QED) is 0.570. The van der Waals surface area contributed by atoms with E-state index in [4.69, 9.17) is 16.7 Å². The van der Waals surface area contributed by atoms with Crippen molar-refractivity contribution in [1.29, 1.82) is 5.26 Å². The molecule has 1 aromatic carbocycles. The fourth-order valence-electron chi connectivity index (χ4n) is 3.79. The molecule has 1 aliphatic heterocycles. The number of carboxylic acids is 1. The highest BCUT2D eigenvalue weighted by atomic mass is 35.5. The predicted octanol–water partition coefficient (Wildman–Crippen LogP) is 2.67. The lowest BCUT2D eigenvalue weighted by atomic mass is 10.1. The van der Waals surface area contributed by atoms with Crippen LogP contribution in [0.5, 0.6) is 0 Å². The maximum atomic E-state index is 13.4. The molecule has 0 bridgehead atoms. The minimum atomic E-state index is -3.83. The number of benzene rings is 1. The third-order valence-corrected chi connectivity index (χ3v) is 7.44. The van der Waals surface area contributed by atoms with Crippen LogP contribution in [0.15, 0.2) is 59.9 Å². The van der Waals surface area contributed by atoms with Crippen molar-refractivity contribution in [3.63, 3.8) is 0 Å². The van der Waals surface area contributed by atoms with Gasteiger partial charge in [0.2, 0.25) is 10.0 Å². The van der Waals surface area contributed by atoms with E-state index >= 15 is 0 Å². The molecular formula is C22H20ClN5O4S. The summed E-state index contributed by atoms with van der Waals surface area (Å²) in [5.74, 6) is -0.255. The Balaban J connectivity index is 1.61. The van der Waals surface area contributed by atoms with Crippen molar-refractivity contribution >= 4 is 33.4 Å². The summed E-state index contributed by atoms with van der Waals surface area (Å²) >= 11 is 6.25. The van der Waals surface area contributed by atoms with Crippen LogP contribution in [0.25, 0.3) is 11.1 Å². The zero-order chi connectivity index (χ0) is 23.6. The number of carbonyl (C=O) groups is 1. The van der Waals surface area contributed by atoms with Crippen LogP contribution in [-0.2, 0) is 21.4 Å². The zero-order valence-electron chi connectivity index (χ0n) is 17.4. The highest BCUT2D eigenvalue weighted by Gasteiger charge is 2.29. The van der Waals surface area contributed by atoms with E-state index in [9.17, 15) is 18.5 Å². The Labute approximate surface area is 196 Å². The number of nitriles is 1. The van der Waals surface area contributed by atoms with Crippen LogP contribution in [0.4, 0.5) is 5.82 Å². The molecule has 1 fully saturated rings. The predicted molar refractivity (Wildman–Crippen MR) is 122 cm³/mol. The minimum absolute atomic E-state index is 0.0196. The summed E-state index contributed by atoms with van der Waals surface area (Å²) in [6.07, 6.45) is 4.61. The molecule has 0 aliphatic carbocycles. The van der Waals surface area contributed by atoms with Crippen LogP contribution in [0.2, 0.25) is 5.02 Å². The number of sulfonamides is 1. The van der Waals surface area contributed by atoms with E-state index in [1.54, 1.807) is 12.3 Å². The Kier molecular flexibility index (Phi) is 6.37. The first-order chi connectivity index (χ1) is 15.8. The lowest BCUT2D eigenvalue weighted by Crippen LogP contribution is -2.48. The standard InChI is InChI=1S/C22H20ClN5O4S/c23-18-9-16(20-14-26(15-22(29)30)13-17(20)12-24)10-19(11-18)33(31,32)28-7-5-27(6-8-28)21-3-1-2-4-25-21/h1-4,9-11,13-14H,5-8,15H2,(H,29,30). The summed E-state index contributed by atoms with van der Waals surface area (Å²) in [7, 11) is -3.83. The number of aliphatic carboxylic acids is 1. The zero-order valence-corrected chi connectivity index (χ0v) is 19.0. The summed E-state index contributed by atoms with van der Waals surface area (Å²) in [4.78, 5) is 17.4. The van der Waals surface area contributed by atoms with Crippen molar-refractivity contribution in [3.05, 3.63) is 65.6 Å². The molecule has 0 saturated carbocycles. The summed E-state index contributed by atoms with van der Waals surface area (Å²) in [6, 6.07) is 12.0. The molecule has 9 nitrogen and oxygen atoms in total. The highest BCUT2D eigenvalue weighted by Crippen LogP contribution is 2.31. The third-order valence-electron chi connectivity index (χ3n) is 5.35. The van der Waals surface area contributed by atoms with Gasteiger partial charge in [0.15, 0.2) is 0 Å². The number of carboxylic acid groups (broad SMARTS) is 1. The molecule has 4 rings (SSSR count). The van der Waals surface area contributed by atoms with E-state index < -0.39 is 16.0 Å². The normalized spacial score (nSPS) is 14.7. The molecule has 3 heterocycles. The second-order valence-electron chi connectivity index (χ2n) is 7.52. The lowest BCUT2D eigenvalue weighted by Gasteiger charge is -2.34. The number of hydrogen-bond donors (Lipinski definition) is 1. The first kappa shape index (κ1) is 22.8. The van der Waals surface area contributed by atoms with Gasteiger partial charge in [0, 0.05) is 55.4 Å². The molecule has 1 N–H and O–H groups in total. The van der Waals surface area contributed by atoms with Gasteiger partial charge in [0.1, 0.15) is 18.4 Å². The first-order valence-electron chi connectivity index (χ1n) is 10.1. The molecule has 3 aromatic rings. The number of rotatable bonds is 6. The van der Waals surface area contributed by atoms with Crippen molar-refractivity contribution in [1.82, 2.24) is 13.9 Å². The summed E-state index contributed by atoms with van der Waals surface area (Å²) < 4.78 is 29.5. The van der Waals surface area contributed by atoms with Gasteiger partial charge in [-0.1, -0.05) is 17.7 Å². The van der Waals surface area contributed by atoms with Crippen LogP contribution in [0.3, 0.4) is 0 Å². The van der Waals surface area contributed by atoms with Crippen molar-refractivity contribution < 1.29 is 18.3 Å². The van der Waals surface area contributed by atoms with Gasteiger partial charge in [0.25, 0.3) is 0 Å². The molecule has 0 amide bonds. The number of anilines is 1. The molecule has 1 aliphatic rings. The number of halogens is 1. The van der Waals surface area contributed by atoms with Crippen molar-refractivity contribution in [2.75, 3.05) is 31.1 Å². The van der Waals surface area contributed by atoms with E-state index in [1.807, 2.05) is 29.2 Å². The van der Waals surface area contributed by atoms with Gasteiger partial charge in [-0.3, -0.25) is 4.79 Å². The summed E-state index contributed by atoms with van der Waals surface area (Å²) in [6.45, 7) is 1.26. The van der Waals surface area contributed by atoms with Gasteiger partial charge < -0.3 is 14.6 Å². The van der Waals surface area contributed by atoms with Crippen molar-refractivity contribution in [2.24, 2.45) is 0 Å². The number of aromatic nitrogens is 2. The highest BCUT2D eigenvalue weighted by molar-refractivity contribution is 7.89. The largest absolute Gasteiger partial charge is 0.480 e. The molecule has 0 unspecified atom stereocenters. The fraction of sp³-hybridized carbons (Fsp3) is 0.227. The van der Waals surface area contributed by atoms with Crippen LogP contribution in [0, 0.1) is 11.3 Å². The van der Waals surface area contributed by atoms with E-state index in [1.165, 1.54) is 33.4 Å². The number of pyridine rings is 1. The first-order valence-corrected chi connectivity index (χ1v) is 11.9. The molecule has 170 valence electrons.